The molecule has 0 aromatic carbocycles. The summed E-state index contributed by atoms with van der Waals surface area (Å²) in [6, 6.07) is -0.279. The van der Waals surface area contributed by atoms with Gasteiger partial charge in [0, 0.05) is 12.6 Å². The Labute approximate surface area is 96.3 Å². The molecule has 0 radical (unpaired) electrons. The predicted octanol–water partition coefficient (Wildman–Crippen LogP) is -0.373. The van der Waals surface area contributed by atoms with Gasteiger partial charge in [-0.3, -0.25) is 4.79 Å². The van der Waals surface area contributed by atoms with Gasteiger partial charge in [-0.25, -0.2) is 0 Å². The Hall–Kier alpha value is -0.650. The third-order valence-electron chi connectivity index (χ3n) is 3.43. The fourth-order valence-corrected chi connectivity index (χ4v) is 1.52. The summed E-state index contributed by atoms with van der Waals surface area (Å²) < 4.78 is 5.20. The number of aliphatic hydroxyl groups is 1. The number of amides is 1. The van der Waals surface area contributed by atoms with Crippen LogP contribution in [0.25, 0.3) is 0 Å². The Kier molecular flexibility index (Phi) is 3.93. The standard InChI is InChI=1S/C11H22N2O3/c1-4-10(2,15)6-13-9(14)11(3)7-16-5-8(11)12/h8,15H,4-7,12H2,1-3H3,(H,13,14). The van der Waals surface area contributed by atoms with E-state index in [1.807, 2.05) is 6.92 Å². The molecule has 1 rings (SSSR count). The van der Waals surface area contributed by atoms with Crippen LogP contribution in [-0.4, -0.2) is 42.4 Å². The fourth-order valence-electron chi connectivity index (χ4n) is 1.52. The highest BCUT2D eigenvalue weighted by Gasteiger charge is 2.44. The summed E-state index contributed by atoms with van der Waals surface area (Å²) in [5, 5.41) is 12.5. The van der Waals surface area contributed by atoms with Crippen molar-refractivity contribution in [1.29, 1.82) is 0 Å². The molecule has 0 aromatic heterocycles. The summed E-state index contributed by atoms with van der Waals surface area (Å²) in [7, 11) is 0. The molecule has 1 aliphatic rings. The van der Waals surface area contributed by atoms with E-state index in [4.69, 9.17) is 10.5 Å². The smallest absolute Gasteiger partial charge is 0.230 e. The number of hydrogen-bond acceptors (Lipinski definition) is 4. The molecule has 0 aromatic rings. The lowest BCUT2D eigenvalue weighted by molar-refractivity contribution is -0.131. The Morgan fingerprint density at radius 3 is 2.81 bits per heavy atom. The molecule has 5 nitrogen and oxygen atoms in total. The van der Waals surface area contributed by atoms with E-state index in [2.05, 4.69) is 5.32 Å². The molecule has 1 saturated heterocycles. The second-order valence-corrected chi connectivity index (χ2v) is 5.07. The van der Waals surface area contributed by atoms with Gasteiger partial charge in [0.15, 0.2) is 0 Å². The highest BCUT2D eigenvalue weighted by Crippen LogP contribution is 2.27. The maximum Gasteiger partial charge on any atom is 0.230 e. The average molecular weight is 230 g/mol. The number of nitrogens with one attached hydrogen (secondary N) is 1. The Bertz CT molecular complexity index is 268. The molecular weight excluding hydrogens is 208 g/mol. The summed E-state index contributed by atoms with van der Waals surface area (Å²) >= 11 is 0. The molecule has 0 saturated carbocycles. The quantitative estimate of drug-likeness (QED) is 0.615. The van der Waals surface area contributed by atoms with E-state index in [0.29, 0.717) is 19.6 Å². The van der Waals surface area contributed by atoms with Crippen molar-refractivity contribution in [3.05, 3.63) is 0 Å². The van der Waals surface area contributed by atoms with Crippen LogP contribution in [0, 0.1) is 5.41 Å². The average Bonchev–Trinajstić information content (AvgIpc) is 2.57. The lowest BCUT2D eigenvalue weighted by Crippen LogP contribution is -2.52. The predicted molar refractivity (Wildman–Crippen MR) is 60.8 cm³/mol. The number of carbonyl (C=O) groups is 1. The van der Waals surface area contributed by atoms with Crippen molar-refractivity contribution in [3.8, 4) is 0 Å². The zero-order chi connectivity index (χ0) is 12.4. The highest BCUT2D eigenvalue weighted by molar-refractivity contribution is 5.83. The van der Waals surface area contributed by atoms with E-state index in [1.165, 1.54) is 0 Å². The first kappa shape index (κ1) is 13.4. The Morgan fingerprint density at radius 2 is 2.38 bits per heavy atom. The molecule has 3 unspecified atom stereocenters. The van der Waals surface area contributed by atoms with Crippen LogP contribution in [0.15, 0.2) is 0 Å². The summed E-state index contributed by atoms with van der Waals surface area (Å²) in [4.78, 5) is 12.0. The van der Waals surface area contributed by atoms with Gasteiger partial charge < -0.3 is 20.9 Å². The van der Waals surface area contributed by atoms with Crippen LogP contribution in [0.1, 0.15) is 27.2 Å². The first-order valence-electron chi connectivity index (χ1n) is 5.66. The number of carbonyl (C=O) groups excluding carboxylic acids is 1. The Balaban J connectivity index is 2.53. The number of ether oxygens (including phenoxy) is 1. The van der Waals surface area contributed by atoms with Crippen molar-refractivity contribution >= 4 is 5.91 Å². The van der Waals surface area contributed by atoms with E-state index in [1.54, 1.807) is 13.8 Å². The second-order valence-electron chi connectivity index (χ2n) is 5.07. The van der Waals surface area contributed by atoms with Crippen LogP contribution in [-0.2, 0) is 9.53 Å². The van der Waals surface area contributed by atoms with Gasteiger partial charge in [0.2, 0.25) is 5.91 Å². The minimum absolute atomic E-state index is 0.147. The van der Waals surface area contributed by atoms with E-state index < -0.39 is 11.0 Å². The molecule has 0 bridgehead atoms. The van der Waals surface area contributed by atoms with Crippen LogP contribution in [0.5, 0.6) is 0 Å². The van der Waals surface area contributed by atoms with Crippen molar-refractivity contribution < 1.29 is 14.6 Å². The number of rotatable bonds is 4. The van der Waals surface area contributed by atoms with Gasteiger partial charge in [0.1, 0.15) is 0 Å². The van der Waals surface area contributed by atoms with Gasteiger partial charge in [0.25, 0.3) is 0 Å². The van der Waals surface area contributed by atoms with E-state index >= 15 is 0 Å². The molecule has 1 aliphatic heterocycles. The van der Waals surface area contributed by atoms with E-state index in [9.17, 15) is 9.90 Å². The molecule has 5 heteroatoms. The zero-order valence-corrected chi connectivity index (χ0v) is 10.2. The maximum atomic E-state index is 12.0. The molecule has 16 heavy (non-hydrogen) atoms. The van der Waals surface area contributed by atoms with Crippen LogP contribution >= 0.6 is 0 Å². The van der Waals surface area contributed by atoms with E-state index in [0.717, 1.165) is 0 Å². The third kappa shape index (κ3) is 2.72. The lowest BCUT2D eigenvalue weighted by atomic mass is 9.84. The monoisotopic (exact) mass is 230 g/mol. The van der Waals surface area contributed by atoms with Crippen molar-refractivity contribution in [2.24, 2.45) is 11.1 Å². The van der Waals surface area contributed by atoms with Crippen molar-refractivity contribution in [2.75, 3.05) is 19.8 Å². The van der Waals surface area contributed by atoms with E-state index in [-0.39, 0.29) is 18.5 Å². The summed E-state index contributed by atoms with van der Waals surface area (Å²) in [6.45, 7) is 6.35. The summed E-state index contributed by atoms with van der Waals surface area (Å²) in [5.74, 6) is -0.147. The van der Waals surface area contributed by atoms with Gasteiger partial charge >= 0.3 is 0 Å². The van der Waals surface area contributed by atoms with Gasteiger partial charge in [-0.1, -0.05) is 6.92 Å². The lowest BCUT2D eigenvalue weighted by Gasteiger charge is -2.28. The van der Waals surface area contributed by atoms with Crippen molar-refractivity contribution in [3.63, 3.8) is 0 Å². The van der Waals surface area contributed by atoms with Crippen molar-refractivity contribution in [1.82, 2.24) is 5.32 Å². The molecule has 1 amide bonds. The largest absolute Gasteiger partial charge is 0.388 e. The summed E-state index contributed by atoms with van der Waals surface area (Å²) in [6.07, 6.45) is 0.590. The van der Waals surface area contributed by atoms with Crippen LogP contribution in [0.3, 0.4) is 0 Å². The third-order valence-corrected chi connectivity index (χ3v) is 3.43. The molecule has 1 fully saturated rings. The number of nitrogens with two attached hydrogens (primary N) is 1. The van der Waals surface area contributed by atoms with Gasteiger partial charge in [0.05, 0.1) is 24.2 Å². The topological polar surface area (TPSA) is 84.6 Å². The maximum absolute atomic E-state index is 12.0. The fraction of sp³-hybridized carbons (Fsp3) is 0.909. The molecule has 94 valence electrons. The van der Waals surface area contributed by atoms with Crippen LogP contribution in [0.2, 0.25) is 0 Å². The molecule has 1 heterocycles. The minimum Gasteiger partial charge on any atom is -0.388 e. The van der Waals surface area contributed by atoms with Crippen molar-refractivity contribution in [2.45, 2.75) is 38.8 Å². The van der Waals surface area contributed by atoms with Crippen LogP contribution < -0.4 is 11.1 Å². The van der Waals surface area contributed by atoms with Gasteiger partial charge in [-0.2, -0.15) is 0 Å². The molecular formula is C11H22N2O3. The van der Waals surface area contributed by atoms with Crippen LogP contribution in [0.4, 0.5) is 0 Å². The first-order valence-corrected chi connectivity index (χ1v) is 5.66. The molecule has 4 N–H and O–H groups in total. The SMILES string of the molecule is CCC(C)(O)CNC(=O)C1(C)COCC1N. The summed E-state index contributed by atoms with van der Waals surface area (Å²) in [5.41, 5.74) is 4.30. The van der Waals surface area contributed by atoms with Gasteiger partial charge in [-0.15, -0.1) is 0 Å². The highest BCUT2D eigenvalue weighted by atomic mass is 16.5. The van der Waals surface area contributed by atoms with Gasteiger partial charge in [-0.05, 0) is 20.3 Å². The molecule has 0 spiro atoms. The number of hydrogen-bond donors (Lipinski definition) is 3. The normalized spacial score (nSPS) is 33.4. The first-order chi connectivity index (χ1) is 7.32. The minimum atomic E-state index is -0.865. The molecule has 3 atom stereocenters. The Morgan fingerprint density at radius 1 is 1.75 bits per heavy atom. The molecule has 0 aliphatic carbocycles. The zero-order valence-electron chi connectivity index (χ0n) is 10.2. The second kappa shape index (κ2) is 4.69.